The first-order valence-corrected chi connectivity index (χ1v) is 10.2. The van der Waals surface area contributed by atoms with Crippen molar-refractivity contribution in [1.29, 1.82) is 0 Å². The van der Waals surface area contributed by atoms with Crippen LogP contribution in [0.15, 0.2) is 72.8 Å². The molecule has 12 heteroatoms. The van der Waals surface area contributed by atoms with Crippen molar-refractivity contribution in [3.05, 3.63) is 89.7 Å². The van der Waals surface area contributed by atoms with E-state index in [1.54, 1.807) is 0 Å². The van der Waals surface area contributed by atoms with Crippen molar-refractivity contribution >= 4 is 5.69 Å². The van der Waals surface area contributed by atoms with Gasteiger partial charge in [0.2, 0.25) is 0 Å². The maximum atomic E-state index is 14.1. The van der Waals surface area contributed by atoms with Gasteiger partial charge in [0, 0.05) is 23.9 Å². The summed E-state index contributed by atoms with van der Waals surface area (Å²) in [6.45, 7) is -2.00. The van der Waals surface area contributed by atoms with Gasteiger partial charge in [0.25, 0.3) is 0 Å². The van der Waals surface area contributed by atoms with Crippen LogP contribution < -0.4 is 9.64 Å². The van der Waals surface area contributed by atoms with E-state index in [2.05, 4.69) is 0 Å². The second-order valence-electron chi connectivity index (χ2n) is 7.72. The first-order valence-electron chi connectivity index (χ1n) is 10.2. The first-order chi connectivity index (χ1) is 16.7. The summed E-state index contributed by atoms with van der Waals surface area (Å²) >= 11 is 0. The van der Waals surface area contributed by atoms with Gasteiger partial charge in [0.05, 0.1) is 6.54 Å². The number of alkyl halides is 8. The molecular weight excluding hydrogens is 505 g/mol. The van der Waals surface area contributed by atoms with Gasteiger partial charge in [0.1, 0.15) is 17.3 Å². The lowest BCUT2D eigenvalue weighted by Gasteiger charge is -2.30. The molecule has 1 N–H and O–H groups in total. The van der Waals surface area contributed by atoms with Crippen molar-refractivity contribution < 1.29 is 49.4 Å². The molecule has 3 aromatic carbocycles. The monoisotopic (exact) mass is 523 g/mol. The average Bonchev–Trinajstić information content (AvgIpc) is 2.79. The molecule has 0 radical (unpaired) electrons. The lowest BCUT2D eigenvalue weighted by atomic mass is 10.00. The third-order valence-electron chi connectivity index (χ3n) is 5.08. The van der Waals surface area contributed by atoms with Crippen LogP contribution in [0.1, 0.15) is 11.1 Å². The Balaban J connectivity index is 1.99. The number of aliphatic hydroxyl groups is 1. The number of halogens is 9. The van der Waals surface area contributed by atoms with Gasteiger partial charge in [-0.25, -0.2) is 4.39 Å². The molecule has 3 rings (SSSR count). The highest BCUT2D eigenvalue weighted by Gasteiger charge is 2.59. The Bertz CT molecular complexity index is 1160. The van der Waals surface area contributed by atoms with Gasteiger partial charge in [-0.15, -0.1) is 0 Å². The normalized spacial score (nSPS) is 13.4. The maximum Gasteiger partial charge on any atom is 0.458 e. The molecule has 0 aromatic heterocycles. The molecule has 0 saturated heterocycles. The van der Waals surface area contributed by atoms with Gasteiger partial charge in [-0.1, -0.05) is 30.3 Å². The van der Waals surface area contributed by atoms with Crippen LogP contribution in [-0.2, 0) is 12.5 Å². The standard InChI is InChI=1S/C24H18F9NO2/c25-16-8-10-18(11-9-16)36-19-6-3-5-17(12-19)34(14-21(35)23(28,29)30)13-15-4-1-2-7-20(15)22(26,27)24(31,32)33/h1-12,21,35H,13-14H2/t21-/m1/s1. The van der Waals surface area contributed by atoms with Crippen LogP contribution in [0.2, 0.25) is 0 Å². The Morgan fingerprint density at radius 3 is 2.03 bits per heavy atom. The molecule has 36 heavy (non-hydrogen) atoms. The molecule has 0 unspecified atom stereocenters. The number of nitrogens with zero attached hydrogens (tertiary/aromatic N) is 1. The number of anilines is 1. The van der Waals surface area contributed by atoms with E-state index in [9.17, 15) is 44.6 Å². The van der Waals surface area contributed by atoms with Crippen molar-refractivity contribution in [2.75, 3.05) is 11.4 Å². The summed E-state index contributed by atoms with van der Waals surface area (Å²) in [5.41, 5.74) is -2.09. The molecule has 3 nitrogen and oxygen atoms in total. The molecule has 1 atom stereocenters. The van der Waals surface area contributed by atoms with Crippen molar-refractivity contribution in [3.8, 4) is 11.5 Å². The first kappa shape index (κ1) is 27.2. The third kappa shape index (κ3) is 6.42. The van der Waals surface area contributed by atoms with Crippen LogP contribution >= 0.6 is 0 Å². The summed E-state index contributed by atoms with van der Waals surface area (Å²) in [5, 5.41) is 9.62. The highest BCUT2D eigenvalue weighted by Crippen LogP contribution is 2.45. The lowest BCUT2D eigenvalue weighted by molar-refractivity contribution is -0.289. The predicted octanol–water partition coefficient (Wildman–Crippen LogP) is 7.20. The van der Waals surface area contributed by atoms with E-state index in [1.165, 1.54) is 36.4 Å². The highest BCUT2D eigenvalue weighted by molar-refractivity contribution is 5.53. The summed E-state index contributed by atoms with van der Waals surface area (Å²) in [7, 11) is 0. The van der Waals surface area contributed by atoms with Gasteiger partial charge >= 0.3 is 18.3 Å². The Morgan fingerprint density at radius 2 is 1.42 bits per heavy atom. The zero-order valence-electron chi connectivity index (χ0n) is 18.1. The summed E-state index contributed by atoms with van der Waals surface area (Å²) in [5.74, 6) is -5.59. The SMILES string of the molecule is O[C@H](CN(Cc1ccccc1C(F)(F)C(F)(F)F)c1cccc(Oc2ccc(F)cc2)c1)C(F)(F)F. The highest BCUT2D eigenvalue weighted by atomic mass is 19.4. The average molecular weight is 523 g/mol. The van der Waals surface area contributed by atoms with Crippen LogP contribution in [0.25, 0.3) is 0 Å². The minimum absolute atomic E-state index is 0.0551. The minimum atomic E-state index is -5.94. The number of hydrogen-bond acceptors (Lipinski definition) is 3. The number of ether oxygens (including phenoxy) is 1. The molecule has 3 aromatic rings. The number of aliphatic hydroxyl groups excluding tert-OH is 1. The molecule has 0 aliphatic carbocycles. The molecule has 0 aliphatic heterocycles. The van der Waals surface area contributed by atoms with E-state index < -0.39 is 54.4 Å². The van der Waals surface area contributed by atoms with Crippen LogP contribution in [0, 0.1) is 5.82 Å². The maximum absolute atomic E-state index is 14.1. The van der Waals surface area contributed by atoms with Gasteiger partial charge in [-0.2, -0.15) is 35.1 Å². The van der Waals surface area contributed by atoms with Crippen molar-refractivity contribution in [1.82, 2.24) is 0 Å². The van der Waals surface area contributed by atoms with Gasteiger partial charge in [-0.3, -0.25) is 0 Å². The smallest absolute Gasteiger partial charge is 0.457 e. The summed E-state index contributed by atoms with van der Waals surface area (Å²) in [4.78, 5) is 0.807. The second kappa shape index (κ2) is 10.3. The van der Waals surface area contributed by atoms with Gasteiger partial charge in [0.15, 0.2) is 6.10 Å². The Labute approximate surface area is 199 Å². The number of rotatable bonds is 8. The zero-order chi connectivity index (χ0) is 26.7. The van der Waals surface area contributed by atoms with Crippen LogP contribution in [-0.4, -0.2) is 30.1 Å². The molecule has 0 fully saturated rings. The third-order valence-corrected chi connectivity index (χ3v) is 5.08. The van der Waals surface area contributed by atoms with Crippen molar-refractivity contribution in [2.24, 2.45) is 0 Å². The van der Waals surface area contributed by atoms with Gasteiger partial charge < -0.3 is 14.7 Å². The zero-order valence-corrected chi connectivity index (χ0v) is 18.1. The van der Waals surface area contributed by atoms with Crippen molar-refractivity contribution in [2.45, 2.75) is 30.9 Å². The molecule has 0 bridgehead atoms. The predicted molar refractivity (Wildman–Crippen MR) is 112 cm³/mol. The van der Waals surface area contributed by atoms with E-state index in [0.29, 0.717) is 6.07 Å². The van der Waals surface area contributed by atoms with E-state index >= 15 is 0 Å². The Kier molecular flexibility index (Phi) is 7.77. The lowest BCUT2D eigenvalue weighted by Crippen LogP contribution is -2.41. The quantitative estimate of drug-likeness (QED) is 0.317. The molecule has 194 valence electrons. The molecule has 0 aliphatic rings. The Hall–Kier alpha value is -3.41. The fourth-order valence-corrected chi connectivity index (χ4v) is 3.28. The summed E-state index contributed by atoms with van der Waals surface area (Å²) < 4.78 is 125. The van der Waals surface area contributed by atoms with Crippen LogP contribution in [0.4, 0.5) is 45.2 Å². The fourth-order valence-electron chi connectivity index (χ4n) is 3.28. The number of hydrogen-bond donors (Lipinski definition) is 1. The van der Waals surface area contributed by atoms with E-state index in [-0.39, 0.29) is 17.2 Å². The van der Waals surface area contributed by atoms with Crippen molar-refractivity contribution in [3.63, 3.8) is 0 Å². The van der Waals surface area contributed by atoms with Crippen LogP contribution in [0.5, 0.6) is 11.5 Å². The largest absolute Gasteiger partial charge is 0.458 e. The molecule has 0 amide bonds. The summed E-state index contributed by atoms with van der Waals surface area (Å²) in [6.07, 6.45) is -14.0. The molecule has 0 saturated carbocycles. The molecule has 0 spiro atoms. The molecule has 0 heterocycles. The molecular formula is C24H18F9NO2. The fraction of sp³-hybridized carbons (Fsp3) is 0.250. The van der Waals surface area contributed by atoms with E-state index in [4.69, 9.17) is 4.74 Å². The number of benzene rings is 3. The van der Waals surface area contributed by atoms with E-state index in [0.717, 1.165) is 35.2 Å². The van der Waals surface area contributed by atoms with Gasteiger partial charge in [-0.05, 0) is 42.0 Å². The summed E-state index contributed by atoms with van der Waals surface area (Å²) in [6, 6.07) is 13.6. The second-order valence-corrected chi connectivity index (χ2v) is 7.72. The minimum Gasteiger partial charge on any atom is -0.457 e. The Morgan fingerprint density at radius 1 is 0.778 bits per heavy atom. The topological polar surface area (TPSA) is 32.7 Å². The van der Waals surface area contributed by atoms with Crippen LogP contribution in [0.3, 0.4) is 0 Å². The van der Waals surface area contributed by atoms with E-state index in [1.807, 2.05) is 0 Å².